The lowest BCUT2D eigenvalue weighted by Gasteiger charge is -2.03. The van der Waals surface area contributed by atoms with Crippen LogP contribution in [0.2, 0.25) is 0 Å². The Bertz CT molecular complexity index is 314. The minimum atomic E-state index is 0.00819. The van der Waals surface area contributed by atoms with Gasteiger partial charge in [-0.25, -0.2) is 4.98 Å². The van der Waals surface area contributed by atoms with Crippen LogP contribution in [0.4, 0.5) is 0 Å². The molecule has 0 radical (unpaired) electrons. The van der Waals surface area contributed by atoms with Crippen LogP contribution in [-0.2, 0) is 0 Å². The number of aromatic nitrogens is 1. The average Bonchev–Trinajstić information content (AvgIpc) is 2.64. The van der Waals surface area contributed by atoms with E-state index in [4.69, 9.17) is 0 Å². The first kappa shape index (κ1) is 12.6. The second-order valence-electron chi connectivity index (χ2n) is 3.27. The summed E-state index contributed by atoms with van der Waals surface area (Å²) in [5.41, 5.74) is 2.52. The van der Waals surface area contributed by atoms with Crippen LogP contribution in [0.5, 0.6) is 0 Å². The van der Waals surface area contributed by atoms with Gasteiger partial charge in [-0.05, 0) is 19.8 Å². The van der Waals surface area contributed by atoms with Crippen LogP contribution in [0.1, 0.15) is 34.6 Å². The Morgan fingerprint density at radius 1 is 1.53 bits per heavy atom. The molecule has 84 valence electrons. The van der Waals surface area contributed by atoms with E-state index in [-0.39, 0.29) is 5.91 Å². The van der Waals surface area contributed by atoms with Gasteiger partial charge in [0.05, 0.1) is 11.2 Å². The highest BCUT2D eigenvalue weighted by Gasteiger charge is 2.10. The summed E-state index contributed by atoms with van der Waals surface area (Å²) in [5, 5.41) is 3.94. The van der Waals surface area contributed by atoms with Gasteiger partial charge in [-0.1, -0.05) is 22.4 Å². The Morgan fingerprint density at radius 2 is 2.33 bits per heavy atom. The second-order valence-corrected chi connectivity index (χ2v) is 4.92. The van der Waals surface area contributed by atoms with Crippen LogP contribution >= 0.6 is 27.3 Å². The van der Waals surface area contributed by atoms with Crippen molar-refractivity contribution in [2.24, 2.45) is 0 Å². The topological polar surface area (TPSA) is 42.0 Å². The average molecular weight is 291 g/mol. The number of nitrogens with one attached hydrogen (secondary N) is 1. The number of nitrogens with zero attached hydrogens (tertiary/aromatic N) is 1. The number of hydrogen-bond donors (Lipinski definition) is 1. The van der Waals surface area contributed by atoms with E-state index < -0.39 is 0 Å². The van der Waals surface area contributed by atoms with Crippen molar-refractivity contribution in [3.63, 3.8) is 0 Å². The molecule has 0 saturated heterocycles. The van der Waals surface area contributed by atoms with E-state index in [1.54, 1.807) is 5.51 Å². The molecule has 1 N–H and O–H groups in total. The smallest absolute Gasteiger partial charge is 0.263 e. The van der Waals surface area contributed by atoms with E-state index in [1.165, 1.54) is 11.3 Å². The first-order valence-corrected chi connectivity index (χ1v) is 7.00. The van der Waals surface area contributed by atoms with Gasteiger partial charge >= 0.3 is 0 Å². The lowest BCUT2D eigenvalue weighted by Crippen LogP contribution is -2.24. The molecule has 15 heavy (non-hydrogen) atoms. The van der Waals surface area contributed by atoms with Crippen LogP contribution in [0, 0.1) is 6.92 Å². The molecule has 0 atom stereocenters. The van der Waals surface area contributed by atoms with Crippen molar-refractivity contribution >= 4 is 33.2 Å². The normalized spacial score (nSPS) is 10.3. The monoisotopic (exact) mass is 290 g/mol. The summed E-state index contributed by atoms with van der Waals surface area (Å²) in [4.78, 5) is 16.4. The van der Waals surface area contributed by atoms with Crippen molar-refractivity contribution in [2.45, 2.75) is 26.2 Å². The number of carbonyl (C=O) groups is 1. The zero-order chi connectivity index (χ0) is 11.1. The lowest BCUT2D eigenvalue weighted by atomic mass is 10.2. The number of halogens is 1. The maximum Gasteiger partial charge on any atom is 0.263 e. The standard InChI is InChI=1S/C10H15BrN2OS/c1-8-9(15-7-13-8)10(14)12-6-4-2-3-5-11/h7H,2-6H2,1H3,(H,12,14). The summed E-state index contributed by atoms with van der Waals surface area (Å²) in [6.45, 7) is 2.61. The number of unbranched alkanes of at least 4 members (excludes halogenated alkanes) is 2. The third-order valence-electron chi connectivity index (χ3n) is 2.05. The maximum atomic E-state index is 11.6. The minimum absolute atomic E-state index is 0.00819. The lowest BCUT2D eigenvalue weighted by molar-refractivity contribution is 0.0956. The molecule has 5 heteroatoms. The molecule has 0 aliphatic rings. The quantitative estimate of drug-likeness (QED) is 0.647. The third kappa shape index (κ3) is 4.30. The van der Waals surface area contributed by atoms with Crippen LogP contribution in [0.25, 0.3) is 0 Å². The molecule has 0 saturated carbocycles. The Hall–Kier alpha value is -0.420. The molecule has 0 aliphatic carbocycles. The number of aryl methyl sites for hydroxylation is 1. The van der Waals surface area contributed by atoms with Gasteiger partial charge in [0.1, 0.15) is 4.88 Å². The first-order chi connectivity index (χ1) is 7.25. The van der Waals surface area contributed by atoms with Crippen molar-refractivity contribution in [3.8, 4) is 0 Å². The number of thiazole rings is 1. The molecule has 3 nitrogen and oxygen atoms in total. The number of rotatable bonds is 6. The number of carbonyl (C=O) groups excluding carboxylic acids is 1. The number of amides is 1. The fourth-order valence-electron chi connectivity index (χ4n) is 1.20. The van der Waals surface area contributed by atoms with Gasteiger partial charge < -0.3 is 5.32 Å². The van der Waals surface area contributed by atoms with Crippen LogP contribution in [-0.4, -0.2) is 22.8 Å². The van der Waals surface area contributed by atoms with Gasteiger partial charge in [0, 0.05) is 11.9 Å². The Labute approximate surface area is 102 Å². The molecule has 1 aromatic rings. The first-order valence-electron chi connectivity index (χ1n) is 5.00. The molecular formula is C10H15BrN2OS. The van der Waals surface area contributed by atoms with Crippen molar-refractivity contribution in [2.75, 3.05) is 11.9 Å². The van der Waals surface area contributed by atoms with Gasteiger partial charge in [-0.2, -0.15) is 0 Å². The summed E-state index contributed by atoms with van der Waals surface area (Å²) in [6.07, 6.45) is 3.35. The van der Waals surface area contributed by atoms with Gasteiger partial charge in [0.15, 0.2) is 0 Å². The number of hydrogen-bond acceptors (Lipinski definition) is 3. The summed E-state index contributed by atoms with van der Waals surface area (Å²) in [5.74, 6) is 0.00819. The summed E-state index contributed by atoms with van der Waals surface area (Å²) in [7, 11) is 0. The van der Waals surface area contributed by atoms with E-state index >= 15 is 0 Å². The Morgan fingerprint density at radius 3 is 2.93 bits per heavy atom. The van der Waals surface area contributed by atoms with Crippen molar-refractivity contribution in [1.82, 2.24) is 10.3 Å². The van der Waals surface area contributed by atoms with E-state index in [0.29, 0.717) is 0 Å². The van der Waals surface area contributed by atoms with Crippen molar-refractivity contribution in [3.05, 3.63) is 16.1 Å². The zero-order valence-corrected chi connectivity index (χ0v) is 11.2. The summed E-state index contributed by atoms with van der Waals surface area (Å²) < 4.78 is 0. The Kier molecular flexibility index (Phi) is 5.86. The molecular weight excluding hydrogens is 276 g/mol. The van der Waals surface area contributed by atoms with Gasteiger partial charge in [0.25, 0.3) is 5.91 Å². The number of alkyl halides is 1. The fraction of sp³-hybridized carbons (Fsp3) is 0.600. The molecule has 0 aromatic carbocycles. The molecule has 1 heterocycles. The predicted molar refractivity (Wildman–Crippen MR) is 66.8 cm³/mol. The van der Waals surface area contributed by atoms with Gasteiger partial charge in [-0.15, -0.1) is 11.3 Å². The Balaban J connectivity index is 2.22. The summed E-state index contributed by atoms with van der Waals surface area (Å²) >= 11 is 4.77. The predicted octanol–water partition coefficient (Wildman–Crippen LogP) is 2.75. The third-order valence-corrected chi connectivity index (χ3v) is 3.54. The fourth-order valence-corrected chi connectivity index (χ4v) is 2.31. The second kappa shape index (κ2) is 6.95. The van der Waals surface area contributed by atoms with E-state index in [1.807, 2.05) is 6.92 Å². The highest BCUT2D eigenvalue weighted by atomic mass is 79.9. The largest absolute Gasteiger partial charge is 0.351 e. The van der Waals surface area contributed by atoms with E-state index in [2.05, 4.69) is 26.2 Å². The minimum Gasteiger partial charge on any atom is -0.351 e. The van der Waals surface area contributed by atoms with Gasteiger partial charge in [0.2, 0.25) is 0 Å². The van der Waals surface area contributed by atoms with Crippen LogP contribution in [0.3, 0.4) is 0 Å². The SMILES string of the molecule is Cc1ncsc1C(=O)NCCCCCBr. The molecule has 0 spiro atoms. The molecule has 0 fully saturated rings. The molecule has 0 unspecified atom stereocenters. The van der Waals surface area contributed by atoms with E-state index in [9.17, 15) is 4.79 Å². The maximum absolute atomic E-state index is 11.6. The van der Waals surface area contributed by atoms with E-state index in [0.717, 1.165) is 41.7 Å². The molecule has 0 aliphatic heterocycles. The molecule has 1 amide bonds. The van der Waals surface area contributed by atoms with Crippen LogP contribution < -0.4 is 5.32 Å². The highest BCUT2D eigenvalue weighted by Crippen LogP contribution is 2.11. The molecule has 1 rings (SSSR count). The van der Waals surface area contributed by atoms with Crippen molar-refractivity contribution < 1.29 is 4.79 Å². The molecule has 0 bridgehead atoms. The summed E-state index contributed by atoms with van der Waals surface area (Å²) in [6, 6.07) is 0. The molecule has 1 aromatic heterocycles. The van der Waals surface area contributed by atoms with Crippen LogP contribution in [0.15, 0.2) is 5.51 Å². The zero-order valence-electron chi connectivity index (χ0n) is 8.75. The van der Waals surface area contributed by atoms with Crippen molar-refractivity contribution in [1.29, 1.82) is 0 Å². The highest BCUT2D eigenvalue weighted by molar-refractivity contribution is 9.09. The van der Waals surface area contributed by atoms with Gasteiger partial charge in [-0.3, -0.25) is 4.79 Å².